The van der Waals surface area contributed by atoms with Crippen molar-refractivity contribution in [1.82, 2.24) is 29.9 Å². The van der Waals surface area contributed by atoms with Crippen molar-refractivity contribution in [1.29, 1.82) is 0 Å². The fourth-order valence-corrected chi connectivity index (χ4v) is 2.38. The molecule has 2 aromatic heterocycles. The molecule has 2 heterocycles. The van der Waals surface area contributed by atoms with Crippen LogP contribution in [0, 0.1) is 0 Å². The molecule has 0 spiro atoms. The first-order chi connectivity index (χ1) is 11.5. The van der Waals surface area contributed by atoms with Crippen molar-refractivity contribution in [3.63, 3.8) is 0 Å². The average Bonchev–Trinajstić information content (AvgIpc) is 3.05. The van der Waals surface area contributed by atoms with Crippen molar-refractivity contribution in [2.24, 2.45) is 0 Å². The molecule has 8 nitrogen and oxygen atoms in total. The molecule has 0 unspecified atom stereocenters. The van der Waals surface area contributed by atoms with Crippen LogP contribution < -0.4 is 10.6 Å². The van der Waals surface area contributed by atoms with Crippen molar-refractivity contribution in [2.75, 3.05) is 5.32 Å². The molecule has 0 radical (unpaired) electrons. The van der Waals surface area contributed by atoms with Gasteiger partial charge in [0.15, 0.2) is 0 Å². The number of aromatic nitrogens is 5. The topological polar surface area (TPSA) is 89.7 Å². The van der Waals surface area contributed by atoms with E-state index in [9.17, 15) is 4.79 Å². The molecule has 2 amide bonds. The van der Waals surface area contributed by atoms with Gasteiger partial charge in [0.1, 0.15) is 18.5 Å². The highest BCUT2D eigenvalue weighted by molar-refractivity contribution is 5.88. The minimum atomic E-state index is -0.265. The third-order valence-electron chi connectivity index (χ3n) is 3.66. The molecule has 25 heavy (non-hydrogen) atoms. The molecule has 2 rings (SSSR count). The summed E-state index contributed by atoms with van der Waals surface area (Å²) in [5.41, 5.74) is 0.607. The highest BCUT2D eigenvalue weighted by Crippen LogP contribution is 2.28. The number of hydrogen-bond donors (Lipinski definition) is 2. The minimum absolute atomic E-state index is 0.0882. The van der Waals surface area contributed by atoms with Crippen molar-refractivity contribution < 1.29 is 4.79 Å². The van der Waals surface area contributed by atoms with Crippen LogP contribution >= 0.6 is 0 Å². The van der Waals surface area contributed by atoms with Crippen LogP contribution in [0.2, 0.25) is 0 Å². The summed E-state index contributed by atoms with van der Waals surface area (Å²) in [4.78, 5) is 16.3. The number of nitrogens with one attached hydrogen (secondary N) is 2. The normalized spacial score (nSPS) is 13.6. The zero-order valence-corrected chi connectivity index (χ0v) is 16.2. The van der Waals surface area contributed by atoms with Crippen molar-refractivity contribution in [3.8, 4) is 0 Å². The summed E-state index contributed by atoms with van der Waals surface area (Å²) in [6.07, 6.45) is 3.10. The maximum atomic E-state index is 12.4. The number of amides is 2. The van der Waals surface area contributed by atoms with E-state index in [2.05, 4.69) is 62.3 Å². The van der Waals surface area contributed by atoms with E-state index >= 15 is 0 Å². The molecule has 8 heteroatoms. The Labute approximate surface area is 149 Å². The van der Waals surface area contributed by atoms with E-state index in [1.165, 1.54) is 6.33 Å². The number of carbonyl (C=O) groups is 1. The van der Waals surface area contributed by atoms with Gasteiger partial charge in [0, 0.05) is 17.5 Å². The molecule has 1 atom stereocenters. The van der Waals surface area contributed by atoms with Crippen molar-refractivity contribution >= 4 is 11.8 Å². The highest BCUT2D eigenvalue weighted by atomic mass is 16.2. The van der Waals surface area contributed by atoms with Crippen LogP contribution in [0.1, 0.15) is 54.2 Å². The molecule has 0 aromatic carbocycles. The monoisotopic (exact) mass is 347 g/mol. The van der Waals surface area contributed by atoms with Gasteiger partial charge in [-0.05, 0) is 27.7 Å². The Balaban J connectivity index is 2.10. The molecule has 0 bridgehead atoms. The van der Waals surface area contributed by atoms with Gasteiger partial charge in [-0.2, -0.15) is 10.2 Å². The Morgan fingerprint density at radius 1 is 1.24 bits per heavy atom. The van der Waals surface area contributed by atoms with Crippen LogP contribution in [0.15, 0.2) is 18.7 Å². The number of rotatable bonds is 4. The lowest BCUT2D eigenvalue weighted by molar-refractivity contribution is 0.247. The first kappa shape index (κ1) is 19.0. The van der Waals surface area contributed by atoms with Gasteiger partial charge in [-0.25, -0.2) is 14.5 Å². The SMILES string of the molecule is C[C@H](Cn1cncn1)NC(=O)Nc1cc(C(C)(C)C)nn1C(C)(C)C. The lowest BCUT2D eigenvalue weighted by Gasteiger charge is -2.23. The largest absolute Gasteiger partial charge is 0.334 e. The molecule has 0 saturated heterocycles. The Morgan fingerprint density at radius 3 is 2.44 bits per heavy atom. The summed E-state index contributed by atoms with van der Waals surface area (Å²) in [6, 6.07) is 1.58. The van der Waals surface area contributed by atoms with Gasteiger partial charge >= 0.3 is 6.03 Å². The van der Waals surface area contributed by atoms with Crippen LogP contribution in [0.5, 0.6) is 0 Å². The first-order valence-electron chi connectivity index (χ1n) is 8.48. The molecular formula is C17H29N7O. The van der Waals surface area contributed by atoms with Crippen LogP contribution in [0.4, 0.5) is 10.6 Å². The lowest BCUT2D eigenvalue weighted by Crippen LogP contribution is -2.39. The van der Waals surface area contributed by atoms with Gasteiger partial charge < -0.3 is 5.32 Å². The quantitative estimate of drug-likeness (QED) is 0.890. The Hall–Kier alpha value is -2.38. The fraction of sp³-hybridized carbons (Fsp3) is 0.647. The Kier molecular flexibility index (Phi) is 5.20. The lowest BCUT2D eigenvalue weighted by atomic mass is 9.92. The molecular weight excluding hydrogens is 318 g/mol. The first-order valence-corrected chi connectivity index (χ1v) is 8.48. The van der Waals surface area contributed by atoms with E-state index in [1.54, 1.807) is 11.0 Å². The molecule has 0 saturated carbocycles. The summed E-state index contributed by atoms with van der Waals surface area (Å²) < 4.78 is 3.54. The summed E-state index contributed by atoms with van der Waals surface area (Å²) in [5.74, 6) is 0.683. The van der Waals surface area contributed by atoms with Gasteiger partial charge in [0.05, 0.1) is 17.8 Å². The van der Waals surface area contributed by atoms with Gasteiger partial charge in [-0.15, -0.1) is 0 Å². The average molecular weight is 347 g/mol. The molecule has 0 aliphatic heterocycles. The van der Waals surface area contributed by atoms with Gasteiger partial charge in [-0.1, -0.05) is 20.8 Å². The number of urea groups is 1. The summed E-state index contributed by atoms with van der Waals surface area (Å²) >= 11 is 0. The maximum Gasteiger partial charge on any atom is 0.320 e. The van der Waals surface area contributed by atoms with E-state index in [0.29, 0.717) is 12.4 Å². The fourth-order valence-electron chi connectivity index (χ4n) is 2.38. The molecule has 0 aliphatic rings. The second-order valence-corrected chi connectivity index (χ2v) is 8.36. The second-order valence-electron chi connectivity index (χ2n) is 8.36. The van der Waals surface area contributed by atoms with Crippen LogP contribution in [-0.2, 0) is 17.5 Å². The third kappa shape index (κ3) is 5.04. The van der Waals surface area contributed by atoms with Crippen LogP contribution in [0.3, 0.4) is 0 Å². The molecule has 138 valence electrons. The summed E-state index contributed by atoms with van der Waals surface area (Å²) in [7, 11) is 0. The zero-order valence-electron chi connectivity index (χ0n) is 16.2. The van der Waals surface area contributed by atoms with E-state index in [0.717, 1.165) is 5.69 Å². The molecule has 2 aromatic rings. The predicted molar refractivity (Wildman–Crippen MR) is 97.6 cm³/mol. The number of nitrogens with zero attached hydrogens (tertiary/aromatic N) is 5. The van der Waals surface area contributed by atoms with Gasteiger partial charge in [-0.3, -0.25) is 10.00 Å². The van der Waals surface area contributed by atoms with Crippen LogP contribution in [0.25, 0.3) is 0 Å². The van der Waals surface area contributed by atoms with E-state index in [-0.39, 0.29) is 23.0 Å². The van der Waals surface area contributed by atoms with Crippen molar-refractivity contribution in [3.05, 3.63) is 24.4 Å². The van der Waals surface area contributed by atoms with Gasteiger partial charge in [0.2, 0.25) is 0 Å². The summed E-state index contributed by atoms with van der Waals surface area (Å²) in [6.45, 7) is 15.0. The Bertz CT molecular complexity index is 704. The molecule has 2 N–H and O–H groups in total. The second kappa shape index (κ2) is 6.85. The van der Waals surface area contributed by atoms with Gasteiger partial charge in [0.25, 0.3) is 0 Å². The van der Waals surface area contributed by atoms with Crippen LogP contribution in [-0.4, -0.2) is 36.6 Å². The summed E-state index contributed by atoms with van der Waals surface area (Å²) in [5, 5.41) is 14.6. The zero-order chi connectivity index (χ0) is 18.8. The predicted octanol–water partition coefficient (Wildman–Crippen LogP) is 2.74. The van der Waals surface area contributed by atoms with Crippen molar-refractivity contribution in [2.45, 2.75) is 72.0 Å². The highest BCUT2D eigenvalue weighted by Gasteiger charge is 2.25. The number of hydrogen-bond acceptors (Lipinski definition) is 4. The molecule has 0 fully saturated rings. The smallest absolute Gasteiger partial charge is 0.320 e. The molecule has 0 aliphatic carbocycles. The van der Waals surface area contributed by atoms with E-state index in [1.807, 2.05) is 17.7 Å². The standard InChI is InChI=1S/C17H29N7O/c1-12(9-23-11-18-10-19-23)20-15(25)21-14-8-13(16(2,3)4)22-24(14)17(5,6)7/h8,10-12H,9H2,1-7H3,(H2,20,21,25)/t12-/m1/s1. The van der Waals surface area contributed by atoms with E-state index in [4.69, 9.17) is 5.10 Å². The van der Waals surface area contributed by atoms with E-state index < -0.39 is 0 Å². The number of anilines is 1. The Morgan fingerprint density at radius 2 is 1.92 bits per heavy atom. The third-order valence-corrected chi connectivity index (χ3v) is 3.66. The maximum absolute atomic E-state index is 12.4. The minimum Gasteiger partial charge on any atom is -0.334 e. The number of carbonyl (C=O) groups excluding carboxylic acids is 1.